The van der Waals surface area contributed by atoms with Crippen molar-refractivity contribution in [2.45, 2.75) is 6.54 Å². The first kappa shape index (κ1) is 15.0. The van der Waals surface area contributed by atoms with E-state index in [9.17, 15) is 4.79 Å². The molecule has 0 fully saturated rings. The summed E-state index contributed by atoms with van der Waals surface area (Å²) in [6, 6.07) is 11.0. The summed E-state index contributed by atoms with van der Waals surface area (Å²) in [5.74, 6) is -0.161. The lowest BCUT2D eigenvalue weighted by Crippen LogP contribution is -2.22. The van der Waals surface area contributed by atoms with E-state index in [1.807, 2.05) is 18.2 Å². The molecule has 0 radical (unpaired) electrons. The highest BCUT2D eigenvalue weighted by molar-refractivity contribution is 5.97. The van der Waals surface area contributed by atoms with Crippen LogP contribution in [0.2, 0.25) is 0 Å². The van der Waals surface area contributed by atoms with E-state index in [1.54, 1.807) is 49.3 Å². The number of nitrogens with zero attached hydrogens (tertiary/aromatic N) is 3. The number of amides is 1. The molecule has 4 aromatic rings. The summed E-state index contributed by atoms with van der Waals surface area (Å²) in [5, 5.41) is 2.89. The molecule has 0 bridgehead atoms. The number of benzene rings is 1. The first-order valence-electron chi connectivity index (χ1n) is 7.76. The van der Waals surface area contributed by atoms with E-state index in [2.05, 4.69) is 20.3 Å². The zero-order valence-corrected chi connectivity index (χ0v) is 13.2. The van der Waals surface area contributed by atoms with Gasteiger partial charge in [0.05, 0.1) is 29.3 Å². The maximum absolute atomic E-state index is 12.3. The van der Waals surface area contributed by atoms with Crippen molar-refractivity contribution in [1.82, 2.24) is 20.3 Å². The van der Waals surface area contributed by atoms with Gasteiger partial charge in [0.1, 0.15) is 0 Å². The number of carbonyl (C=O) groups is 1. The molecule has 0 saturated heterocycles. The third kappa shape index (κ3) is 3.23. The first-order chi connectivity index (χ1) is 12.3. The van der Waals surface area contributed by atoms with E-state index in [-0.39, 0.29) is 5.91 Å². The van der Waals surface area contributed by atoms with E-state index in [0.29, 0.717) is 17.6 Å². The number of carbonyl (C=O) groups excluding carboxylic acids is 1. The maximum atomic E-state index is 12.3. The molecule has 0 aliphatic carbocycles. The van der Waals surface area contributed by atoms with Crippen LogP contribution in [0.1, 0.15) is 15.9 Å². The van der Waals surface area contributed by atoms with Crippen LogP contribution in [0.5, 0.6) is 0 Å². The van der Waals surface area contributed by atoms with Gasteiger partial charge in [-0.3, -0.25) is 19.7 Å². The first-order valence-corrected chi connectivity index (χ1v) is 7.76. The Labute approximate surface area is 143 Å². The summed E-state index contributed by atoms with van der Waals surface area (Å²) in [6.45, 7) is 0.399. The predicted octanol–water partition coefficient (Wildman–Crippen LogP) is 3.21. The van der Waals surface area contributed by atoms with Crippen LogP contribution in [0.25, 0.3) is 22.3 Å². The van der Waals surface area contributed by atoms with Gasteiger partial charge in [0.25, 0.3) is 5.91 Å². The van der Waals surface area contributed by atoms with Crippen LogP contribution in [-0.2, 0) is 6.54 Å². The van der Waals surface area contributed by atoms with E-state index < -0.39 is 0 Å². The van der Waals surface area contributed by atoms with Crippen molar-refractivity contribution in [3.63, 3.8) is 0 Å². The highest BCUT2D eigenvalue weighted by atomic mass is 16.3. The number of nitrogens with one attached hydrogen (secondary N) is 1. The lowest BCUT2D eigenvalue weighted by atomic mass is 10.1. The number of hydrogen-bond donors (Lipinski definition) is 1. The number of aromatic nitrogens is 3. The number of hydrogen-bond acceptors (Lipinski definition) is 5. The lowest BCUT2D eigenvalue weighted by molar-refractivity contribution is 0.0951. The molecule has 4 rings (SSSR count). The molecular formula is C19H14N4O2. The molecule has 1 N–H and O–H groups in total. The summed E-state index contributed by atoms with van der Waals surface area (Å²) in [6.07, 6.45) is 8.24. The van der Waals surface area contributed by atoms with Crippen molar-refractivity contribution >= 4 is 16.9 Å². The Morgan fingerprint density at radius 1 is 1.00 bits per heavy atom. The smallest absolute Gasteiger partial charge is 0.251 e. The Balaban J connectivity index is 1.44. The van der Waals surface area contributed by atoms with Gasteiger partial charge in [-0.15, -0.1) is 0 Å². The van der Waals surface area contributed by atoms with Crippen molar-refractivity contribution in [1.29, 1.82) is 0 Å². The molecule has 1 aromatic carbocycles. The summed E-state index contributed by atoms with van der Waals surface area (Å²) in [5.41, 5.74) is 4.68. The molecular weight excluding hydrogens is 316 g/mol. The summed E-state index contributed by atoms with van der Waals surface area (Å²) < 4.78 is 5.05. The monoisotopic (exact) mass is 330 g/mol. The number of furan rings is 1. The molecule has 0 atom stereocenters. The Hall–Kier alpha value is -3.54. The fourth-order valence-corrected chi connectivity index (χ4v) is 2.50. The number of fused-ring (bicyclic) bond motifs is 1. The second-order valence-electron chi connectivity index (χ2n) is 5.51. The molecule has 0 unspecified atom stereocenters. The largest absolute Gasteiger partial charge is 0.472 e. The van der Waals surface area contributed by atoms with Crippen LogP contribution >= 0.6 is 0 Å². The van der Waals surface area contributed by atoms with Crippen LogP contribution in [0.15, 0.2) is 71.9 Å². The minimum Gasteiger partial charge on any atom is -0.472 e. The SMILES string of the molecule is O=C(NCc1ccc(-c2ccoc2)nc1)c1ccc2nccnc2c1. The van der Waals surface area contributed by atoms with Gasteiger partial charge in [-0.05, 0) is 35.9 Å². The highest BCUT2D eigenvalue weighted by Gasteiger charge is 2.08. The second-order valence-corrected chi connectivity index (χ2v) is 5.51. The second kappa shape index (κ2) is 6.52. The fraction of sp³-hybridized carbons (Fsp3) is 0.0526. The van der Waals surface area contributed by atoms with Crippen molar-refractivity contribution < 1.29 is 9.21 Å². The molecule has 3 aromatic heterocycles. The van der Waals surface area contributed by atoms with Gasteiger partial charge in [0.2, 0.25) is 0 Å². The van der Waals surface area contributed by atoms with Gasteiger partial charge in [0.15, 0.2) is 0 Å². The normalized spacial score (nSPS) is 10.7. The number of pyridine rings is 1. The van der Waals surface area contributed by atoms with Gasteiger partial charge in [-0.2, -0.15) is 0 Å². The summed E-state index contributed by atoms with van der Waals surface area (Å²) in [4.78, 5) is 25.1. The third-order valence-corrected chi connectivity index (χ3v) is 3.83. The minimum absolute atomic E-state index is 0.161. The molecule has 6 nitrogen and oxygen atoms in total. The zero-order chi connectivity index (χ0) is 17.1. The Bertz CT molecular complexity index is 1010. The van der Waals surface area contributed by atoms with Crippen molar-refractivity contribution in [3.05, 3.63) is 78.6 Å². The van der Waals surface area contributed by atoms with Crippen molar-refractivity contribution in [2.75, 3.05) is 0 Å². The Morgan fingerprint density at radius 2 is 1.88 bits per heavy atom. The van der Waals surface area contributed by atoms with E-state index in [1.165, 1.54) is 0 Å². The molecule has 0 spiro atoms. The average molecular weight is 330 g/mol. The van der Waals surface area contributed by atoms with Crippen LogP contribution in [-0.4, -0.2) is 20.9 Å². The van der Waals surface area contributed by atoms with Crippen LogP contribution in [0, 0.1) is 0 Å². The van der Waals surface area contributed by atoms with Gasteiger partial charge in [0, 0.05) is 36.3 Å². The Morgan fingerprint density at radius 3 is 2.64 bits per heavy atom. The third-order valence-electron chi connectivity index (χ3n) is 3.83. The molecule has 0 saturated carbocycles. The van der Waals surface area contributed by atoms with E-state index >= 15 is 0 Å². The van der Waals surface area contributed by atoms with Gasteiger partial charge >= 0.3 is 0 Å². The fourth-order valence-electron chi connectivity index (χ4n) is 2.50. The molecule has 1 amide bonds. The summed E-state index contributed by atoms with van der Waals surface area (Å²) in [7, 11) is 0. The standard InChI is InChI=1S/C19H14N4O2/c24-19(14-2-4-17-18(9-14)21-7-6-20-17)23-11-13-1-3-16(22-10-13)15-5-8-25-12-15/h1-10,12H,11H2,(H,23,24). The lowest BCUT2D eigenvalue weighted by Gasteiger charge is -2.06. The van der Waals surface area contributed by atoms with Crippen molar-refractivity contribution in [3.8, 4) is 11.3 Å². The molecule has 3 heterocycles. The van der Waals surface area contributed by atoms with Crippen LogP contribution in [0.3, 0.4) is 0 Å². The average Bonchev–Trinajstić information content (AvgIpc) is 3.21. The zero-order valence-electron chi connectivity index (χ0n) is 13.2. The van der Waals surface area contributed by atoms with Gasteiger partial charge in [-0.25, -0.2) is 0 Å². The van der Waals surface area contributed by atoms with Gasteiger partial charge < -0.3 is 9.73 Å². The highest BCUT2D eigenvalue weighted by Crippen LogP contribution is 2.17. The molecule has 0 aliphatic rings. The van der Waals surface area contributed by atoms with Gasteiger partial charge in [-0.1, -0.05) is 6.07 Å². The number of rotatable bonds is 4. The van der Waals surface area contributed by atoms with E-state index in [0.717, 1.165) is 22.3 Å². The summed E-state index contributed by atoms with van der Waals surface area (Å²) >= 11 is 0. The Kier molecular flexibility index (Phi) is 3.92. The molecule has 122 valence electrons. The molecule has 0 aliphatic heterocycles. The predicted molar refractivity (Wildman–Crippen MR) is 92.6 cm³/mol. The quantitative estimate of drug-likeness (QED) is 0.621. The molecule has 6 heteroatoms. The maximum Gasteiger partial charge on any atom is 0.251 e. The van der Waals surface area contributed by atoms with Crippen molar-refractivity contribution in [2.24, 2.45) is 0 Å². The topological polar surface area (TPSA) is 80.9 Å². The van der Waals surface area contributed by atoms with Crippen LogP contribution < -0.4 is 5.32 Å². The van der Waals surface area contributed by atoms with Crippen LogP contribution in [0.4, 0.5) is 0 Å². The molecule has 25 heavy (non-hydrogen) atoms. The van der Waals surface area contributed by atoms with E-state index in [4.69, 9.17) is 4.42 Å². The minimum atomic E-state index is -0.161.